The molecule has 0 saturated carbocycles. The first-order valence-corrected chi connectivity index (χ1v) is 45.3. The molecule has 770 valence electrons. The average Bonchev–Trinajstić information content (AvgIpc) is 1.64. The Morgan fingerprint density at radius 3 is 0.755 bits per heavy atom. The molecule has 9 atom stereocenters. The molecular weight excluding hydrogens is 1880 g/mol. The minimum absolute atomic E-state index is 0.0762. The van der Waals surface area contributed by atoms with Crippen molar-refractivity contribution in [2.24, 2.45) is 17.2 Å². The van der Waals surface area contributed by atoms with Crippen LogP contribution in [0.4, 0.5) is 0 Å². The maximum absolute atomic E-state index is 13.8. The number of amides is 3. The topological polar surface area (TPSA) is 647 Å². The lowest BCUT2D eigenvalue weighted by Crippen LogP contribution is -2.33. The molecule has 0 spiro atoms. The van der Waals surface area contributed by atoms with Crippen LogP contribution in [0.2, 0.25) is 0 Å². The number of benzene rings is 7. The number of para-hydroxylation sites is 4. The lowest BCUT2D eigenvalue weighted by molar-refractivity contribution is -0.143. The first kappa shape index (κ1) is 116. The van der Waals surface area contributed by atoms with Crippen LogP contribution in [0.3, 0.4) is 0 Å². The van der Waals surface area contributed by atoms with Gasteiger partial charge in [-0.15, -0.1) is 0 Å². The minimum atomic E-state index is -2.07. The summed E-state index contributed by atoms with van der Waals surface area (Å²) in [5, 5.41) is 139. The fourth-order valence-electron chi connectivity index (χ4n) is 15.7. The summed E-state index contributed by atoms with van der Waals surface area (Å²) in [6.45, 7) is 34.0. The van der Waals surface area contributed by atoms with Gasteiger partial charge in [-0.05, 0) is 227 Å². The summed E-state index contributed by atoms with van der Waals surface area (Å²) in [6.07, 6.45) is -6.60. The number of phenolic OH excluding ortho intramolecular Hbond substituents is 6. The van der Waals surface area contributed by atoms with E-state index in [1.165, 1.54) is 106 Å². The molecule has 21 N–H and O–H groups in total. The van der Waals surface area contributed by atoms with Crippen LogP contribution in [0.5, 0.6) is 40.2 Å². The molecule has 3 heterocycles. The summed E-state index contributed by atoms with van der Waals surface area (Å²) in [7, 11) is 0. The number of halogens is 1. The standard InChI is InChI=1S/C48H51N3O18.C27H39N3O9.C18H24O3.C10H9ClO3/c1-22(2)46(64)67-19-34(55)37-28(16-49-43(61)25-10-7-13-31(52)40(25)58)38(35(56)20-68-47(65)23(3)4)30(18-51-45(63)27-12-9-15-33(54)42(27)60)39(36(57)21-69-48(66)24(5)6)29(37)17-50-44(62)26-11-8-14-32(53)41(26)59;1-13(2)25(34)37-10-19(31)22-16(7-28)23(20(32)11-38-26(35)14(3)4)18(9-30)24(17(22)8-29)21(33)12-39-27(36)15(5)6;1-4-10-16(13-7-19-13)11(5-2)18(15-9-21-15)12(6-3)17(10)14-8-20-14;1-6-4-3-5-8(10(11)13)9(6)14-7(2)12/h7-15,34-36,52-60H,1,3,5,16-21H2,2,4,6H3,(H,49,61)(H,50,62)(H,51,63);19-21,31-33H,1,3,5,7-12,28-30H2,2,4,6H3;13-15H,4-9H2,1-3H3;3-5H,1-2H3. The number of carbonyl (C=O) groups is 11. The zero-order chi connectivity index (χ0) is 107. The number of nitrogens with two attached hydrogens (primary N) is 3. The quantitative estimate of drug-likeness (QED) is 0.00321. The van der Waals surface area contributed by atoms with Crippen molar-refractivity contribution in [2.45, 2.75) is 190 Å². The molecule has 0 radical (unpaired) electrons. The first-order chi connectivity index (χ1) is 67.5. The van der Waals surface area contributed by atoms with Crippen molar-refractivity contribution in [3.8, 4) is 40.2 Å². The van der Waals surface area contributed by atoms with E-state index >= 15 is 0 Å². The third kappa shape index (κ3) is 30.0. The van der Waals surface area contributed by atoms with Gasteiger partial charge in [0.05, 0.1) is 42.1 Å². The van der Waals surface area contributed by atoms with E-state index in [9.17, 15) is 114 Å². The molecule has 0 aromatic heterocycles. The van der Waals surface area contributed by atoms with Crippen LogP contribution in [0, 0.1) is 6.92 Å². The Bertz CT molecular complexity index is 5480. The molecule has 7 aromatic rings. The predicted octanol–water partition coefficient (Wildman–Crippen LogP) is 9.58. The number of esters is 7. The number of aryl methyl sites for hydroxylation is 1. The number of epoxide rings is 3. The largest absolute Gasteiger partial charge is 0.504 e. The van der Waals surface area contributed by atoms with Crippen LogP contribution in [0.15, 0.2) is 146 Å². The van der Waals surface area contributed by atoms with E-state index in [0.29, 0.717) is 23.9 Å². The minimum Gasteiger partial charge on any atom is -0.504 e. The molecule has 10 rings (SSSR count). The van der Waals surface area contributed by atoms with Gasteiger partial charge in [-0.1, -0.05) is 90.6 Å². The van der Waals surface area contributed by atoms with Gasteiger partial charge in [-0.2, -0.15) is 0 Å². The highest BCUT2D eigenvalue weighted by Crippen LogP contribution is 2.51. The molecule has 3 amide bonds. The van der Waals surface area contributed by atoms with Crippen LogP contribution in [0.1, 0.15) is 271 Å². The maximum Gasteiger partial charge on any atom is 0.333 e. The summed E-state index contributed by atoms with van der Waals surface area (Å²) in [5.41, 5.74) is 25.0. The first-order valence-electron chi connectivity index (χ1n) is 45.0. The Balaban J connectivity index is 0.000000308. The van der Waals surface area contributed by atoms with E-state index in [1.54, 1.807) is 19.1 Å². The van der Waals surface area contributed by atoms with Gasteiger partial charge >= 0.3 is 41.8 Å². The van der Waals surface area contributed by atoms with Crippen LogP contribution < -0.4 is 37.9 Å². The third-order valence-electron chi connectivity index (χ3n) is 22.5. The summed E-state index contributed by atoms with van der Waals surface area (Å²) in [6, 6.07) is 15.3. The molecule has 3 fully saturated rings. The van der Waals surface area contributed by atoms with Crippen molar-refractivity contribution >= 4 is 76.4 Å². The van der Waals surface area contributed by atoms with E-state index in [2.05, 4.69) is 76.2 Å². The fraction of sp³-hybridized carbons (Fsp3) is 0.369. The highest BCUT2D eigenvalue weighted by atomic mass is 35.5. The number of ether oxygens (including phenoxy) is 10. The van der Waals surface area contributed by atoms with Crippen LogP contribution in [-0.4, -0.2) is 185 Å². The molecule has 3 saturated heterocycles. The monoisotopic (exact) mass is 2010 g/mol. The predicted molar refractivity (Wildman–Crippen MR) is 517 cm³/mol. The van der Waals surface area contributed by atoms with Crippen molar-refractivity contribution < 1.29 is 161 Å². The van der Waals surface area contributed by atoms with E-state index in [1.807, 2.05) is 0 Å². The molecule has 9 unspecified atom stereocenters. The molecule has 0 aliphatic carbocycles. The molecule has 0 bridgehead atoms. The van der Waals surface area contributed by atoms with Gasteiger partial charge in [0.25, 0.3) is 23.0 Å². The van der Waals surface area contributed by atoms with Crippen molar-refractivity contribution in [1.82, 2.24) is 16.0 Å². The van der Waals surface area contributed by atoms with E-state index in [-0.39, 0.29) is 114 Å². The molecule has 40 heteroatoms. The number of nitrogens with one attached hydrogen (secondary N) is 3. The van der Waals surface area contributed by atoms with Gasteiger partial charge in [0, 0.05) is 79.6 Å². The maximum atomic E-state index is 13.8. The highest BCUT2D eigenvalue weighted by Gasteiger charge is 2.43. The average molecular weight is 2010 g/mol. The summed E-state index contributed by atoms with van der Waals surface area (Å²) < 4.78 is 53.2. The number of hydrogen-bond donors (Lipinski definition) is 18. The summed E-state index contributed by atoms with van der Waals surface area (Å²) in [5.74, 6) is -13.4. The zero-order valence-corrected chi connectivity index (χ0v) is 81.9. The molecular formula is C103H123ClN6O33. The van der Waals surface area contributed by atoms with Gasteiger partial charge in [0.1, 0.15) is 100 Å². The molecule has 3 aliphatic rings. The second-order valence-corrected chi connectivity index (χ2v) is 33.8. The Morgan fingerprint density at radius 1 is 0.357 bits per heavy atom. The van der Waals surface area contributed by atoms with Gasteiger partial charge in [-0.25, -0.2) is 28.8 Å². The lowest BCUT2D eigenvalue weighted by atomic mass is 9.80. The molecule has 39 nitrogen and oxygen atoms in total. The third-order valence-corrected chi connectivity index (χ3v) is 22.7. The van der Waals surface area contributed by atoms with Crippen molar-refractivity contribution in [2.75, 3.05) is 59.5 Å². The number of carbonyl (C=O) groups excluding carboxylic acids is 11. The number of aliphatic hydroxyl groups is 6. The van der Waals surface area contributed by atoms with Gasteiger partial charge in [-0.3, -0.25) is 24.0 Å². The van der Waals surface area contributed by atoms with Crippen LogP contribution >= 0.6 is 11.6 Å². The lowest BCUT2D eigenvalue weighted by Gasteiger charge is -2.32. The molecule has 7 aromatic carbocycles. The Hall–Kier alpha value is -14.0. The number of rotatable bonds is 44. The van der Waals surface area contributed by atoms with E-state index in [0.717, 1.165) is 75.5 Å². The van der Waals surface area contributed by atoms with Crippen LogP contribution in [0.25, 0.3) is 0 Å². The molecule has 3 aliphatic heterocycles. The number of aromatic hydroxyl groups is 6. The SMILES string of the molecule is C=C(C)C(=O)OCC(O)c1c(CN)c(C(O)COC(=O)C(=C)C)c(CN)c(C(O)COC(=O)C(=C)C)c1CN.C=C(C)C(=O)OCC(O)c1c(CNC(=O)c2cccc(O)c2O)c(C(O)COC(=O)C(=C)C)c(CNC(=O)c2cccc(O)c2O)c(C(O)COC(=O)C(=C)C)c1CNC(=O)c1cccc(O)c1O.CC(=O)Oc1c(C)cccc1C(=O)Cl.CCc1c(C2CO2)c(CC)c(C2CO2)c(CC)c1C1CO1. The fourth-order valence-corrected chi connectivity index (χ4v) is 15.9. The Labute approximate surface area is 829 Å². The Morgan fingerprint density at radius 2 is 0.566 bits per heavy atom. The van der Waals surface area contributed by atoms with Crippen LogP contribution in [-0.2, 0) is 135 Å². The number of hydrogen-bond acceptors (Lipinski definition) is 36. The second-order valence-electron chi connectivity index (χ2n) is 33.4. The molecule has 143 heavy (non-hydrogen) atoms. The van der Waals surface area contributed by atoms with Gasteiger partial charge in [0.15, 0.2) is 34.5 Å². The number of phenols is 6. The highest BCUT2D eigenvalue weighted by molar-refractivity contribution is 6.68. The normalized spacial score (nSPS) is 14.7. The van der Waals surface area contributed by atoms with E-state index < -0.39 is 229 Å². The summed E-state index contributed by atoms with van der Waals surface area (Å²) in [4.78, 5) is 137. The van der Waals surface area contributed by atoms with Gasteiger partial charge in [0.2, 0.25) is 0 Å². The number of aliphatic hydroxyl groups excluding tert-OH is 6. The van der Waals surface area contributed by atoms with Crippen molar-refractivity contribution in [1.29, 1.82) is 0 Å². The van der Waals surface area contributed by atoms with E-state index in [4.69, 9.17) is 76.2 Å². The Kier molecular flexibility index (Phi) is 43.1. The van der Waals surface area contributed by atoms with Crippen molar-refractivity contribution in [3.63, 3.8) is 0 Å². The summed E-state index contributed by atoms with van der Waals surface area (Å²) >= 11 is 5.33. The smallest absolute Gasteiger partial charge is 0.333 e. The van der Waals surface area contributed by atoms with Crippen molar-refractivity contribution in [3.05, 3.63) is 274 Å². The zero-order valence-electron chi connectivity index (χ0n) is 81.1. The second kappa shape index (κ2) is 53.2. The van der Waals surface area contributed by atoms with Gasteiger partial charge < -0.3 is 142 Å².